The van der Waals surface area contributed by atoms with Gasteiger partial charge in [-0.3, -0.25) is 14.7 Å². The summed E-state index contributed by atoms with van der Waals surface area (Å²) in [6.07, 6.45) is 5.08. The number of Topliss-reactive ketones (excluding diaryl/α,β-unsaturated/α-hetero) is 1. The van der Waals surface area contributed by atoms with Gasteiger partial charge in [-0.25, -0.2) is 0 Å². The number of aromatic nitrogens is 1. The van der Waals surface area contributed by atoms with Crippen LogP contribution in [0.4, 0.5) is 0 Å². The lowest BCUT2D eigenvalue weighted by atomic mass is 9.71. The van der Waals surface area contributed by atoms with E-state index < -0.39 is 0 Å². The fourth-order valence-corrected chi connectivity index (χ4v) is 3.11. The molecule has 1 atom stereocenters. The fourth-order valence-electron chi connectivity index (χ4n) is 3.11. The minimum Gasteiger partial charge on any atom is -0.299 e. The maximum atomic E-state index is 12.5. The highest BCUT2D eigenvalue weighted by atomic mass is 16.1. The van der Waals surface area contributed by atoms with Crippen molar-refractivity contribution in [3.8, 4) is 0 Å². The van der Waals surface area contributed by atoms with E-state index in [0.29, 0.717) is 5.78 Å². The van der Waals surface area contributed by atoms with Crippen molar-refractivity contribution < 1.29 is 4.79 Å². The quantitative estimate of drug-likeness (QED) is 0.826. The molecule has 3 nitrogen and oxygen atoms in total. The van der Waals surface area contributed by atoms with Crippen LogP contribution in [0.5, 0.6) is 0 Å². The van der Waals surface area contributed by atoms with Crippen LogP contribution in [0.2, 0.25) is 0 Å². The molecule has 1 aromatic heterocycles. The van der Waals surface area contributed by atoms with Crippen molar-refractivity contribution in [2.75, 3.05) is 13.1 Å². The van der Waals surface area contributed by atoms with Gasteiger partial charge in [0, 0.05) is 30.6 Å². The molecule has 1 heterocycles. The average molecular weight is 274 g/mol. The molecular weight excluding hydrogens is 248 g/mol. The molecule has 0 saturated heterocycles. The lowest BCUT2D eigenvalue weighted by molar-refractivity contribution is -0.135. The molecule has 1 saturated carbocycles. The Hall–Kier alpha value is -1.22. The summed E-state index contributed by atoms with van der Waals surface area (Å²) in [4.78, 5) is 19.2. The Bertz CT molecular complexity index is 442. The van der Waals surface area contributed by atoms with Crippen LogP contribution >= 0.6 is 0 Å². The summed E-state index contributed by atoms with van der Waals surface area (Å²) in [5.74, 6) is 0.644. The van der Waals surface area contributed by atoms with E-state index in [9.17, 15) is 4.79 Å². The zero-order chi connectivity index (χ0) is 14.6. The third kappa shape index (κ3) is 3.66. The van der Waals surface area contributed by atoms with E-state index in [-0.39, 0.29) is 11.3 Å². The Morgan fingerprint density at radius 3 is 2.85 bits per heavy atom. The molecule has 1 fully saturated rings. The van der Waals surface area contributed by atoms with Crippen LogP contribution in [0.1, 0.15) is 45.7 Å². The third-order valence-electron chi connectivity index (χ3n) is 4.43. The van der Waals surface area contributed by atoms with E-state index >= 15 is 0 Å². The Morgan fingerprint density at radius 2 is 2.20 bits per heavy atom. The summed E-state index contributed by atoms with van der Waals surface area (Å²) in [5.41, 5.74) is 0.949. The molecule has 0 amide bonds. The molecule has 0 N–H and O–H groups in total. The smallest absolute Gasteiger partial charge is 0.142 e. The molecule has 0 bridgehead atoms. The van der Waals surface area contributed by atoms with Crippen molar-refractivity contribution in [3.05, 3.63) is 30.1 Å². The van der Waals surface area contributed by atoms with E-state index in [1.165, 1.54) is 6.42 Å². The van der Waals surface area contributed by atoms with Gasteiger partial charge in [-0.1, -0.05) is 33.3 Å². The third-order valence-corrected chi connectivity index (χ3v) is 4.43. The SMILES string of the molecule is CCN(Cc1ccccn1)CC1CCCC(C)(C)C1=O. The van der Waals surface area contributed by atoms with Gasteiger partial charge in [0.05, 0.1) is 5.69 Å². The topological polar surface area (TPSA) is 33.2 Å². The maximum Gasteiger partial charge on any atom is 0.142 e. The van der Waals surface area contributed by atoms with Crippen LogP contribution in [-0.4, -0.2) is 28.8 Å². The van der Waals surface area contributed by atoms with Crippen molar-refractivity contribution >= 4 is 5.78 Å². The number of ketones is 1. The second-order valence-corrected chi connectivity index (χ2v) is 6.49. The Morgan fingerprint density at radius 1 is 1.40 bits per heavy atom. The first kappa shape index (κ1) is 15.2. The van der Waals surface area contributed by atoms with Crippen LogP contribution in [0.25, 0.3) is 0 Å². The van der Waals surface area contributed by atoms with Crippen molar-refractivity contribution in [1.82, 2.24) is 9.88 Å². The van der Waals surface area contributed by atoms with Gasteiger partial charge in [0.25, 0.3) is 0 Å². The molecule has 110 valence electrons. The number of nitrogens with zero attached hydrogens (tertiary/aromatic N) is 2. The van der Waals surface area contributed by atoms with Gasteiger partial charge in [0.15, 0.2) is 0 Å². The molecule has 1 aliphatic carbocycles. The van der Waals surface area contributed by atoms with Crippen LogP contribution in [0.3, 0.4) is 0 Å². The summed E-state index contributed by atoms with van der Waals surface area (Å²) < 4.78 is 0. The lowest BCUT2D eigenvalue weighted by Crippen LogP contribution is -2.41. The Kier molecular flexibility index (Phi) is 4.92. The first-order chi connectivity index (χ1) is 9.53. The van der Waals surface area contributed by atoms with Crippen molar-refractivity contribution in [2.24, 2.45) is 11.3 Å². The van der Waals surface area contributed by atoms with Gasteiger partial charge in [0.1, 0.15) is 5.78 Å². The van der Waals surface area contributed by atoms with E-state index in [0.717, 1.165) is 38.2 Å². The average Bonchev–Trinajstić information content (AvgIpc) is 2.44. The van der Waals surface area contributed by atoms with Gasteiger partial charge in [-0.15, -0.1) is 0 Å². The van der Waals surface area contributed by atoms with Crippen LogP contribution in [-0.2, 0) is 11.3 Å². The number of pyridine rings is 1. The minimum atomic E-state index is -0.132. The maximum absolute atomic E-state index is 12.5. The first-order valence-corrected chi connectivity index (χ1v) is 7.69. The van der Waals surface area contributed by atoms with E-state index in [1.807, 2.05) is 18.3 Å². The zero-order valence-corrected chi connectivity index (χ0v) is 12.9. The molecule has 2 rings (SSSR count). The lowest BCUT2D eigenvalue weighted by Gasteiger charge is -2.36. The predicted octanol–water partition coefficient (Wildman–Crippen LogP) is 3.30. The second-order valence-electron chi connectivity index (χ2n) is 6.49. The summed E-state index contributed by atoms with van der Waals surface area (Å²) in [7, 11) is 0. The normalized spacial score (nSPS) is 22.2. The van der Waals surface area contributed by atoms with Gasteiger partial charge < -0.3 is 0 Å². The second kappa shape index (κ2) is 6.49. The van der Waals surface area contributed by atoms with Crippen LogP contribution < -0.4 is 0 Å². The minimum absolute atomic E-state index is 0.132. The number of hydrogen-bond donors (Lipinski definition) is 0. The highest BCUT2D eigenvalue weighted by Crippen LogP contribution is 2.35. The summed E-state index contributed by atoms with van der Waals surface area (Å²) in [5, 5.41) is 0. The molecular formula is C17H26N2O. The monoisotopic (exact) mass is 274 g/mol. The molecule has 0 aromatic carbocycles. The number of rotatable bonds is 5. The van der Waals surface area contributed by atoms with Gasteiger partial charge in [-0.05, 0) is 31.5 Å². The predicted molar refractivity (Wildman–Crippen MR) is 81.3 cm³/mol. The first-order valence-electron chi connectivity index (χ1n) is 7.69. The van der Waals surface area contributed by atoms with Crippen molar-refractivity contribution in [3.63, 3.8) is 0 Å². The van der Waals surface area contributed by atoms with E-state index in [1.54, 1.807) is 0 Å². The Balaban J connectivity index is 1.98. The molecule has 3 heteroatoms. The molecule has 1 aliphatic rings. The summed E-state index contributed by atoms with van der Waals surface area (Å²) in [6, 6.07) is 6.01. The standard InChI is InChI=1S/C17H26N2O/c1-4-19(13-15-9-5-6-11-18-15)12-14-8-7-10-17(2,3)16(14)20/h5-6,9,11,14H,4,7-8,10,12-13H2,1-3H3. The number of carbonyl (C=O) groups excluding carboxylic acids is 1. The highest BCUT2D eigenvalue weighted by molar-refractivity contribution is 5.87. The molecule has 1 unspecified atom stereocenters. The molecule has 1 aromatic rings. The zero-order valence-electron chi connectivity index (χ0n) is 12.9. The van der Waals surface area contributed by atoms with Crippen LogP contribution in [0, 0.1) is 11.3 Å². The Labute approximate surface area is 122 Å². The van der Waals surface area contributed by atoms with Crippen LogP contribution in [0.15, 0.2) is 24.4 Å². The van der Waals surface area contributed by atoms with E-state index in [2.05, 4.69) is 36.7 Å². The number of hydrogen-bond acceptors (Lipinski definition) is 3. The molecule has 0 radical (unpaired) electrons. The summed E-state index contributed by atoms with van der Waals surface area (Å²) >= 11 is 0. The van der Waals surface area contributed by atoms with Gasteiger partial charge >= 0.3 is 0 Å². The van der Waals surface area contributed by atoms with Crippen molar-refractivity contribution in [1.29, 1.82) is 0 Å². The fraction of sp³-hybridized carbons (Fsp3) is 0.647. The molecule has 0 spiro atoms. The molecule has 20 heavy (non-hydrogen) atoms. The highest BCUT2D eigenvalue weighted by Gasteiger charge is 2.37. The van der Waals surface area contributed by atoms with Gasteiger partial charge in [0.2, 0.25) is 0 Å². The summed E-state index contributed by atoms with van der Waals surface area (Å²) in [6.45, 7) is 9.01. The number of carbonyl (C=O) groups is 1. The van der Waals surface area contributed by atoms with Crippen molar-refractivity contribution in [2.45, 2.75) is 46.6 Å². The van der Waals surface area contributed by atoms with Gasteiger partial charge in [-0.2, -0.15) is 0 Å². The largest absolute Gasteiger partial charge is 0.299 e. The molecule has 0 aliphatic heterocycles. The van der Waals surface area contributed by atoms with E-state index in [4.69, 9.17) is 0 Å².